The number of aromatic nitrogens is 2. The first-order chi connectivity index (χ1) is 14.0. The van der Waals surface area contributed by atoms with E-state index in [1.165, 1.54) is 34.4 Å². The molecule has 1 aliphatic rings. The van der Waals surface area contributed by atoms with Gasteiger partial charge in [-0.2, -0.15) is 4.31 Å². The highest BCUT2D eigenvalue weighted by Crippen LogP contribution is 2.25. The van der Waals surface area contributed by atoms with E-state index in [0.717, 1.165) is 0 Å². The molecule has 0 amide bonds. The largest absolute Gasteiger partial charge is 0.444 e. The maximum atomic E-state index is 13.0. The Morgan fingerprint density at radius 3 is 2.55 bits per heavy atom. The molecular weight excluding hydrogens is 417 g/mol. The maximum Gasteiger partial charge on any atom is 0.244 e. The number of ether oxygens (including phenoxy) is 1. The lowest BCUT2D eigenvalue weighted by molar-refractivity contribution is 0.0730. The minimum atomic E-state index is -3.55. The molecule has 0 bridgehead atoms. The Hall–Kier alpha value is -2.27. The van der Waals surface area contributed by atoms with Gasteiger partial charge in [0.2, 0.25) is 15.9 Å². The Bertz CT molecular complexity index is 1060. The van der Waals surface area contributed by atoms with Crippen molar-refractivity contribution in [3.05, 3.63) is 60.4 Å². The smallest absolute Gasteiger partial charge is 0.244 e. The van der Waals surface area contributed by atoms with E-state index in [9.17, 15) is 12.8 Å². The average molecular weight is 436 g/mol. The number of morpholine rings is 1. The molecule has 29 heavy (non-hydrogen) atoms. The molecule has 0 unspecified atom stereocenters. The normalized spacial score (nSPS) is 15.5. The third-order valence-electron chi connectivity index (χ3n) is 4.33. The van der Waals surface area contributed by atoms with E-state index in [0.29, 0.717) is 54.2 Å². The van der Waals surface area contributed by atoms with Crippen molar-refractivity contribution in [3.63, 3.8) is 0 Å². The van der Waals surface area contributed by atoms with E-state index in [-0.39, 0.29) is 10.7 Å². The van der Waals surface area contributed by atoms with Gasteiger partial charge in [0, 0.05) is 30.6 Å². The molecule has 152 valence electrons. The van der Waals surface area contributed by atoms with E-state index >= 15 is 0 Å². The molecule has 4 rings (SSSR count). The number of hydrogen-bond acceptors (Lipinski definition) is 7. The third kappa shape index (κ3) is 4.67. The SMILES string of the molecule is O=S(=O)(c1ccc(SCc2coc(-c3ccc(F)cc3)n2)nc1)N1CCOCC1. The van der Waals surface area contributed by atoms with Gasteiger partial charge in [-0.25, -0.2) is 22.8 Å². The molecule has 0 spiro atoms. The second-order valence-corrected chi connectivity index (χ2v) is 9.22. The van der Waals surface area contributed by atoms with Crippen LogP contribution in [0.2, 0.25) is 0 Å². The van der Waals surface area contributed by atoms with E-state index in [1.54, 1.807) is 30.5 Å². The van der Waals surface area contributed by atoms with Gasteiger partial charge in [-0.05, 0) is 36.4 Å². The van der Waals surface area contributed by atoms with Crippen molar-refractivity contribution < 1.29 is 22.0 Å². The average Bonchev–Trinajstić information content (AvgIpc) is 3.23. The van der Waals surface area contributed by atoms with Crippen LogP contribution in [0.25, 0.3) is 11.5 Å². The third-order valence-corrected chi connectivity index (χ3v) is 7.19. The number of sulfonamides is 1. The maximum absolute atomic E-state index is 13.0. The summed E-state index contributed by atoms with van der Waals surface area (Å²) in [6.07, 6.45) is 2.92. The first-order valence-electron chi connectivity index (χ1n) is 8.89. The minimum Gasteiger partial charge on any atom is -0.444 e. The number of hydrogen-bond donors (Lipinski definition) is 0. The van der Waals surface area contributed by atoms with Crippen molar-refractivity contribution in [1.82, 2.24) is 14.3 Å². The zero-order valence-corrected chi connectivity index (χ0v) is 17.0. The van der Waals surface area contributed by atoms with Crippen LogP contribution in [0.5, 0.6) is 0 Å². The van der Waals surface area contributed by atoms with Gasteiger partial charge in [-0.3, -0.25) is 0 Å². The van der Waals surface area contributed by atoms with Gasteiger partial charge in [0.1, 0.15) is 17.0 Å². The first kappa shape index (κ1) is 20.0. The number of rotatable bonds is 6. The second kappa shape index (κ2) is 8.62. The quantitative estimate of drug-likeness (QED) is 0.550. The molecule has 1 aromatic carbocycles. The van der Waals surface area contributed by atoms with Crippen LogP contribution in [0.3, 0.4) is 0 Å². The molecule has 0 atom stereocenters. The van der Waals surface area contributed by atoms with Gasteiger partial charge in [-0.1, -0.05) is 11.8 Å². The predicted octanol–water partition coefficient (Wildman–Crippen LogP) is 3.19. The van der Waals surface area contributed by atoms with Crippen LogP contribution in [0.4, 0.5) is 4.39 Å². The van der Waals surface area contributed by atoms with Crippen molar-refractivity contribution >= 4 is 21.8 Å². The molecular formula is C19H18FN3O4S2. The summed E-state index contributed by atoms with van der Waals surface area (Å²) in [7, 11) is -3.55. The summed E-state index contributed by atoms with van der Waals surface area (Å²) in [5.41, 5.74) is 1.40. The Labute approximate surface area is 172 Å². The molecule has 3 aromatic rings. The predicted molar refractivity (Wildman–Crippen MR) is 105 cm³/mol. The molecule has 1 fully saturated rings. The molecule has 0 N–H and O–H groups in total. The van der Waals surface area contributed by atoms with Gasteiger partial charge in [0.05, 0.1) is 23.9 Å². The lowest BCUT2D eigenvalue weighted by Crippen LogP contribution is -2.40. The van der Waals surface area contributed by atoms with Crippen molar-refractivity contribution in [3.8, 4) is 11.5 Å². The second-order valence-electron chi connectivity index (χ2n) is 6.29. The fourth-order valence-corrected chi connectivity index (χ4v) is 4.86. The number of nitrogens with zero attached hydrogens (tertiary/aromatic N) is 3. The van der Waals surface area contributed by atoms with E-state index in [2.05, 4.69) is 9.97 Å². The van der Waals surface area contributed by atoms with Crippen molar-refractivity contribution in [2.24, 2.45) is 0 Å². The highest BCUT2D eigenvalue weighted by Gasteiger charge is 2.26. The van der Waals surface area contributed by atoms with Gasteiger partial charge in [0.15, 0.2) is 0 Å². The van der Waals surface area contributed by atoms with Crippen LogP contribution >= 0.6 is 11.8 Å². The summed E-state index contributed by atoms with van der Waals surface area (Å²) in [5.74, 6) is 0.606. The Balaban J connectivity index is 1.39. The fourth-order valence-electron chi connectivity index (χ4n) is 2.79. The number of thioether (sulfide) groups is 1. The summed E-state index contributed by atoms with van der Waals surface area (Å²) >= 11 is 1.42. The van der Waals surface area contributed by atoms with Crippen LogP contribution in [0.15, 0.2) is 63.2 Å². The van der Waals surface area contributed by atoms with Gasteiger partial charge in [0.25, 0.3) is 0 Å². The van der Waals surface area contributed by atoms with Gasteiger partial charge in [-0.15, -0.1) is 0 Å². The topological polar surface area (TPSA) is 85.5 Å². The zero-order chi connectivity index (χ0) is 20.3. The van der Waals surface area contributed by atoms with Crippen LogP contribution in [-0.4, -0.2) is 49.0 Å². The van der Waals surface area contributed by atoms with Crippen molar-refractivity contribution in [2.45, 2.75) is 15.7 Å². The summed E-state index contributed by atoms with van der Waals surface area (Å²) in [6.45, 7) is 1.50. The number of halogens is 1. The molecule has 7 nitrogen and oxygen atoms in total. The molecule has 0 saturated carbocycles. The standard InChI is InChI=1S/C19H18FN3O4S2/c20-15-3-1-14(2-4-15)19-22-16(12-27-19)13-28-18-6-5-17(11-21-18)29(24,25)23-7-9-26-10-8-23/h1-6,11-12H,7-10,13H2. The Morgan fingerprint density at radius 1 is 1.10 bits per heavy atom. The Kier molecular flexibility index (Phi) is 5.95. The summed E-state index contributed by atoms with van der Waals surface area (Å²) < 4.78 is 50.3. The van der Waals surface area contributed by atoms with Gasteiger partial charge < -0.3 is 9.15 Å². The first-order valence-corrected chi connectivity index (χ1v) is 11.3. The highest BCUT2D eigenvalue weighted by atomic mass is 32.2. The number of oxazole rings is 1. The molecule has 10 heteroatoms. The number of benzene rings is 1. The van der Waals surface area contributed by atoms with Crippen LogP contribution < -0.4 is 0 Å². The van der Waals surface area contributed by atoms with Crippen molar-refractivity contribution in [1.29, 1.82) is 0 Å². The highest BCUT2D eigenvalue weighted by molar-refractivity contribution is 7.98. The molecule has 0 radical (unpaired) electrons. The minimum absolute atomic E-state index is 0.170. The lowest BCUT2D eigenvalue weighted by atomic mass is 10.2. The van der Waals surface area contributed by atoms with E-state index in [1.807, 2.05) is 0 Å². The summed E-state index contributed by atoms with van der Waals surface area (Å²) in [4.78, 5) is 8.82. The zero-order valence-electron chi connectivity index (χ0n) is 15.3. The molecule has 2 aromatic heterocycles. The van der Waals surface area contributed by atoms with Crippen LogP contribution in [-0.2, 0) is 20.5 Å². The lowest BCUT2D eigenvalue weighted by Gasteiger charge is -2.25. The molecule has 3 heterocycles. The molecule has 0 aliphatic carbocycles. The van der Waals surface area contributed by atoms with E-state index in [4.69, 9.17) is 9.15 Å². The number of pyridine rings is 1. The Morgan fingerprint density at radius 2 is 1.86 bits per heavy atom. The van der Waals surface area contributed by atoms with Crippen LogP contribution in [0, 0.1) is 5.82 Å². The monoisotopic (exact) mass is 435 g/mol. The van der Waals surface area contributed by atoms with Gasteiger partial charge >= 0.3 is 0 Å². The summed E-state index contributed by atoms with van der Waals surface area (Å²) in [5, 5.41) is 0.678. The molecule has 1 saturated heterocycles. The van der Waals surface area contributed by atoms with E-state index < -0.39 is 10.0 Å². The van der Waals surface area contributed by atoms with Crippen molar-refractivity contribution in [2.75, 3.05) is 26.3 Å². The summed E-state index contributed by atoms with van der Waals surface area (Å²) in [6, 6.07) is 9.15. The van der Waals surface area contributed by atoms with Crippen LogP contribution in [0.1, 0.15) is 5.69 Å². The fraction of sp³-hybridized carbons (Fsp3) is 0.263. The molecule has 1 aliphatic heterocycles.